The largest absolute Gasteiger partial charge is 0.353 e. The molecule has 4 heteroatoms. The van der Waals surface area contributed by atoms with Crippen molar-refractivity contribution in [2.75, 3.05) is 18.8 Å². The lowest BCUT2D eigenvalue weighted by Crippen LogP contribution is -2.38. The van der Waals surface area contributed by atoms with Crippen molar-refractivity contribution in [3.63, 3.8) is 0 Å². The number of carbonyl (C=O) groups is 1. The standard InChI is InChI=1S/C12H22N2OS/c1-2-16-11-4-3-10(7-11)14-12(15)9-5-6-13-8-9/h9-11,13H,2-8H2,1H3,(H,14,15). The van der Waals surface area contributed by atoms with E-state index in [1.54, 1.807) is 0 Å². The van der Waals surface area contributed by atoms with Crippen molar-refractivity contribution in [1.29, 1.82) is 0 Å². The second-order valence-electron chi connectivity index (χ2n) is 4.79. The Hall–Kier alpha value is -0.220. The maximum Gasteiger partial charge on any atom is 0.224 e. The quantitative estimate of drug-likeness (QED) is 0.783. The van der Waals surface area contributed by atoms with Gasteiger partial charge in [0.05, 0.1) is 5.92 Å². The Morgan fingerprint density at radius 2 is 2.31 bits per heavy atom. The summed E-state index contributed by atoms with van der Waals surface area (Å²) in [7, 11) is 0. The highest BCUT2D eigenvalue weighted by Crippen LogP contribution is 2.29. The third-order valence-corrected chi connectivity index (χ3v) is 4.80. The number of carbonyl (C=O) groups excluding carboxylic acids is 1. The van der Waals surface area contributed by atoms with Gasteiger partial charge in [-0.25, -0.2) is 0 Å². The third-order valence-electron chi connectivity index (χ3n) is 3.56. The van der Waals surface area contributed by atoms with Crippen LogP contribution in [0.25, 0.3) is 0 Å². The summed E-state index contributed by atoms with van der Waals surface area (Å²) in [5.41, 5.74) is 0. The summed E-state index contributed by atoms with van der Waals surface area (Å²) in [5.74, 6) is 1.69. The molecule has 0 aromatic rings. The van der Waals surface area contributed by atoms with E-state index in [0.29, 0.717) is 6.04 Å². The molecule has 3 unspecified atom stereocenters. The van der Waals surface area contributed by atoms with Crippen LogP contribution in [0.4, 0.5) is 0 Å². The van der Waals surface area contributed by atoms with Gasteiger partial charge in [-0.15, -0.1) is 0 Å². The summed E-state index contributed by atoms with van der Waals surface area (Å²) in [6.45, 7) is 4.07. The highest BCUT2D eigenvalue weighted by atomic mass is 32.2. The molecule has 0 spiro atoms. The van der Waals surface area contributed by atoms with Gasteiger partial charge in [0.15, 0.2) is 0 Å². The highest BCUT2D eigenvalue weighted by Gasteiger charge is 2.29. The summed E-state index contributed by atoms with van der Waals surface area (Å²) in [6, 6.07) is 0.442. The number of hydrogen-bond acceptors (Lipinski definition) is 3. The van der Waals surface area contributed by atoms with E-state index in [-0.39, 0.29) is 11.8 Å². The molecule has 0 bridgehead atoms. The average molecular weight is 242 g/mol. The zero-order valence-electron chi connectivity index (χ0n) is 10.00. The normalized spacial score (nSPS) is 34.2. The Balaban J connectivity index is 1.71. The molecule has 1 aliphatic heterocycles. The molecular weight excluding hydrogens is 220 g/mol. The minimum Gasteiger partial charge on any atom is -0.353 e. The van der Waals surface area contributed by atoms with E-state index in [0.717, 1.165) is 24.8 Å². The maximum atomic E-state index is 11.9. The topological polar surface area (TPSA) is 41.1 Å². The Bertz CT molecular complexity index is 241. The Morgan fingerprint density at radius 3 is 3.00 bits per heavy atom. The molecule has 3 nitrogen and oxygen atoms in total. The van der Waals surface area contributed by atoms with Crippen LogP contribution < -0.4 is 10.6 Å². The van der Waals surface area contributed by atoms with E-state index < -0.39 is 0 Å². The Morgan fingerprint density at radius 1 is 1.44 bits per heavy atom. The molecule has 1 saturated carbocycles. The van der Waals surface area contributed by atoms with Crippen LogP contribution in [0.5, 0.6) is 0 Å². The Kier molecular flexibility index (Phi) is 4.53. The predicted molar refractivity (Wildman–Crippen MR) is 68.7 cm³/mol. The van der Waals surface area contributed by atoms with Crippen molar-refractivity contribution in [3.8, 4) is 0 Å². The summed E-state index contributed by atoms with van der Waals surface area (Å²) >= 11 is 2.04. The molecule has 0 aromatic heterocycles. The summed E-state index contributed by atoms with van der Waals surface area (Å²) in [6.07, 6.45) is 4.62. The zero-order valence-corrected chi connectivity index (χ0v) is 10.8. The van der Waals surface area contributed by atoms with E-state index in [1.807, 2.05) is 11.8 Å². The van der Waals surface area contributed by atoms with Crippen LogP contribution in [0.2, 0.25) is 0 Å². The SMILES string of the molecule is CCSC1CCC(NC(=O)C2CCNC2)C1. The van der Waals surface area contributed by atoms with Crippen LogP contribution in [0, 0.1) is 5.92 Å². The smallest absolute Gasteiger partial charge is 0.224 e. The van der Waals surface area contributed by atoms with E-state index in [4.69, 9.17) is 0 Å². The molecule has 0 aromatic carbocycles. The lowest BCUT2D eigenvalue weighted by atomic mass is 10.1. The fourth-order valence-corrected chi connectivity index (χ4v) is 3.80. The van der Waals surface area contributed by atoms with Crippen LogP contribution in [0.15, 0.2) is 0 Å². The van der Waals surface area contributed by atoms with Crippen molar-refractivity contribution in [1.82, 2.24) is 10.6 Å². The summed E-state index contributed by atoms with van der Waals surface area (Å²) in [5, 5.41) is 7.23. The number of thioether (sulfide) groups is 1. The molecule has 2 N–H and O–H groups in total. The fraction of sp³-hybridized carbons (Fsp3) is 0.917. The van der Waals surface area contributed by atoms with Gasteiger partial charge >= 0.3 is 0 Å². The minimum atomic E-state index is 0.220. The first-order valence-corrected chi connectivity index (χ1v) is 7.47. The molecule has 2 fully saturated rings. The van der Waals surface area contributed by atoms with Crippen molar-refractivity contribution < 1.29 is 4.79 Å². The maximum absolute atomic E-state index is 11.9. The van der Waals surface area contributed by atoms with Gasteiger partial charge in [-0.3, -0.25) is 4.79 Å². The van der Waals surface area contributed by atoms with Gasteiger partial charge in [0.2, 0.25) is 5.91 Å². The van der Waals surface area contributed by atoms with Gasteiger partial charge in [-0.1, -0.05) is 6.92 Å². The minimum absolute atomic E-state index is 0.220. The zero-order chi connectivity index (χ0) is 11.4. The number of amides is 1. The van der Waals surface area contributed by atoms with Gasteiger partial charge in [-0.2, -0.15) is 11.8 Å². The lowest BCUT2D eigenvalue weighted by Gasteiger charge is -2.16. The molecule has 1 aliphatic carbocycles. The molecule has 1 saturated heterocycles. The van der Waals surface area contributed by atoms with Gasteiger partial charge in [0.1, 0.15) is 0 Å². The second kappa shape index (κ2) is 5.92. The van der Waals surface area contributed by atoms with Crippen molar-refractivity contribution in [3.05, 3.63) is 0 Å². The molecular formula is C12H22N2OS. The predicted octanol–water partition coefficient (Wildman–Crippen LogP) is 1.39. The number of hydrogen-bond donors (Lipinski definition) is 2. The van der Waals surface area contributed by atoms with E-state index >= 15 is 0 Å². The van der Waals surface area contributed by atoms with Crippen LogP contribution >= 0.6 is 11.8 Å². The highest BCUT2D eigenvalue weighted by molar-refractivity contribution is 7.99. The van der Waals surface area contributed by atoms with E-state index in [2.05, 4.69) is 17.6 Å². The van der Waals surface area contributed by atoms with E-state index in [1.165, 1.54) is 25.0 Å². The van der Waals surface area contributed by atoms with Gasteiger partial charge in [0.25, 0.3) is 0 Å². The van der Waals surface area contributed by atoms with Crippen molar-refractivity contribution in [2.24, 2.45) is 5.92 Å². The first-order chi connectivity index (χ1) is 7.79. The summed E-state index contributed by atoms with van der Waals surface area (Å²) in [4.78, 5) is 11.9. The molecule has 2 rings (SSSR count). The third kappa shape index (κ3) is 3.14. The summed E-state index contributed by atoms with van der Waals surface area (Å²) < 4.78 is 0. The van der Waals surface area contributed by atoms with Gasteiger partial charge < -0.3 is 10.6 Å². The second-order valence-corrected chi connectivity index (χ2v) is 6.36. The number of nitrogens with one attached hydrogen (secondary N) is 2. The first kappa shape index (κ1) is 12.2. The van der Waals surface area contributed by atoms with Crippen LogP contribution in [0.3, 0.4) is 0 Å². The van der Waals surface area contributed by atoms with Crippen LogP contribution in [-0.2, 0) is 4.79 Å². The molecule has 92 valence electrons. The van der Waals surface area contributed by atoms with Crippen LogP contribution in [0.1, 0.15) is 32.6 Å². The van der Waals surface area contributed by atoms with Crippen molar-refractivity contribution in [2.45, 2.75) is 43.9 Å². The van der Waals surface area contributed by atoms with Gasteiger partial charge in [0, 0.05) is 17.8 Å². The van der Waals surface area contributed by atoms with Crippen molar-refractivity contribution >= 4 is 17.7 Å². The molecule has 1 amide bonds. The molecule has 3 atom stereocenters. The fourth-order valence-electron chi connectivity index (χ4n) is 2.66. The molecule has 1 heterocycles. The average Bonchev–Trinajstić information content (AvgIpc) is 2.89. The van der Waals surface area contributed by atoms with Crippen LogP contribution in [-0.4, -0.2) is 36.0 Å². The Labute approximate surface area is 102 Å². The number of rotatable bonds is 4. The lowest BCUT2D eigenvalue weighted by molar-refractivity contribution is -0.125. The molecule has 0 radical (unpaired) electrons. The van der Waals surface area contributed by atoms with E-state index in [9.17, 15) is 4.79 Å². The van der Waals surface area contributed by atoms with Gasteiger partial charge in [-0.05, 0) is 38.0 Å². The first-order valence-electron chi connectivity index (χ1n) is 6.42. The molecule has 16 heavy (non-hydrogen) atoms. The molecule has 2 aliphatic rings. The monoisotopic (exact) mass is 242 g/mol.